The normalized spacial score (nSPS) is 13.9. The van der Waals surface area contributed by atoms with Crippen LogP contribution >= 0.6 is 12.8 Å². The molecular formula is C6H13NOS. The molecule has 1 atom stereocenters. The Morgan fingerprint density at radius 1 is 1.56 bits per heavy atom. The lowest BCUT2D eigenvalue weighted by Gasteiger charge is -2.14. The zero-order valence-electron chi connectivity index (χ0n) is 6.01. The van der Waals surface area contributed by atoms with Crippen LogP contribution in [0.5, 0.6) is 0 Å². The van der Waals surface area contributed by atoms with Crippen molar-refractivity contribution in [3.05, 3.63) is 0 Å². The van der Waals surface area contributed by atoms with E-state index in [0.29, 0.717) is 5.92 Å². The second kappa shape index (κ2) is 3.90. The van der Waals surface area contributed by atoms with Gasteiger partial charge in [-0.05, 0) is 12.8 Å². The molecule has 0 saturated heterocycles. The lowest BCUT2D eigenvalue weighted by Crippen LogP contribution is -2.33. The van der Waals surface area contributed by atoms with Crippen LogP contribution in [0.15, 0.2) is 0 Å². The number of ketones is 1. The van der Waals surface area contributed by atoms with Crippen LogP contribution in [0.1, 0.15) is 20.8 Å². The summed E-state index contributed by atoms with van der Waals surface area (Å²) < 4.78 is 2.65. The molecule has 0 bridgehead atoms. The van der Waals surface area contributed by atoms with Gasteiger partial charge >= 0.3 is 0 Å². The molecule has 0 aromatic heterocycles. The van der Waals surface area contributed by atoms with Gasteiger partial charge in [0.25, 0.3) is 0 Å². The molecule has 0 aliphatic carbocycles. The van der Waals surface area contributed by atoms with Crippen LogP contribution in [0.2, 0.25) is 0 Å². The predicted molar refractivity (Wildman–Crippen MR) is 41.4 cm³/mol. The number of carbonyl (C=O) groups is 1. The Kier molecular flexibility index (Phi) is 3.89. The molecule has 0 spiro atoms. The van der Waals surface area contributed by atoms with Crippen LogP contribution in [0, 0.1) is 5.92 Å². The van der Waals surface area contributed by atoms with Crippen LogP contribution in [0.4, 0.5) is 0 Å². The number of hydrogen-bond donors (Lipinski definition) is 2. The van der Waals surface area contributed by atoms with Gasteiger partial charge in [-0.15, -0.1) is 0 Å². The molecule has 0 heterocycles. The van der Waals surface area contributed by atoms with E-state index in [1.165, 1.54) is 0 Å². The Morgan fingerprint density at radius 3 is 2.00 bits per heavy atom. The van der Waals surface area contributed by atoms with Gasteiger partial charge in [-0.3, -0.25) is 9.52 Å². The van der Waals surface area contributed by atoms with Crippen molar-refractivity contribution in [2.75, 3.05) is 0 Å². The van der Waals surface area contributed by atoms with Crippen LogP contribution in [-0.2, 0) is 4.79 Å². The SMILES string of the molecule is CC(=O)C(NS)C(C)C. The number of hydrogen-bond acceptors (Lipinski definition) is 3. The first kappa shape index (κ1) is 8.98. The molecule has 54 valence electrons. The minimum absolute atomic E-state index is 0.103. The van der Waals surface area contributed by atoms with Gasteiger partial charge in [-0.25, -0.2) is 0 Å². The first-order valence-corrected chi connectivity index (χ1v) is 3.44. The molecule has 0 aromatic carbocycles. The topological polar surface area (TPSA) is 29.1 Å². The lowest BCUT2D eigenvalue weighted by atomic mass is 10.0. The summed E-state index contributed by atoms with van der Waals surface area (Å²) in [4.78, 5) is 10.7. The predicted octanol–water partition coefficient (Wildman–Crippen LogP) is 1.03. The molecule has 2 nitrogen and oxygen atoms in total. The van der Waals surface area contributed by atoms with Gasteiger partial charge in [0.2, 0.25) is 0 Å². The zero-order valence-corrected chi connectivity index (χ0v) is 6.90. The minimum atomic E-state index is -0.103. The van der Waals surface area contributed by atoms with E-state index in [1.807, 2.05) is 13.8 Å². The van der Waals surface area contributed by atoms with Crippen molar-refractivity contribution in [3.63, 3.8) is 0 Å². The molecule has 9 heavy (non-hydrogen) atoms. The third-order valence-corrected chi connectivity index (χ3v) is 1.52. The second-order valence-corrected chi connectivity index (χ2v) is 2.72. The molecule has 0 aromatic rings. The fraction of sp³-hybridized carbons (Fsp3) is 0.833. The van der Waals surface area contributed by atoms with E-state index < -0.39 is 0 Å². The number of nitrogens with one attached hydrogen (secondary N) is 1. The highest BCUT2D eigenvalue weighted by Gasteiger charge is 2.15. The maximum absolute atomic E-state index is 10.7. The van der Waals surface area contributed by atoms with Crippen molar-refractivity contribution in [1.82, 2.24) is 4.72 Å². The summed E-state index contributed by atoms with van der Waals surface area (Å²) in [6, 6.07) is -0.103. The Bertz CT molecular complexity index is 103. The fourth-order valence-corrected chi connectivity index (χ4v) is 1.19. The monoisotopic (exact) mass is 147 g/mol. The van der Waals surface area contributed by atoms with E-state index in [-0.39, 0.29) is 11.8 Å². The summed E-state index contributed by atoms with van der Waals surface area (Å²) in [5, 5.41) is 0. The van der Waals surface area contributed by atoms with Crippen LogP contribution in [-0.4, -0.2) is 11.8 Å². The molecule has 0 radical (unpaired) electrons. The number of thiol groups is 1. The van der Waals surface area contributed by atoms with Gasteiger partial charge in [-0.2, -0.15) is 0 Å². The average Bonchev–Trinajstić information content (AvgIpc) is 1.64. The number of rotatable bonds is 3. The second-order valence-electron chi connectivity index (χ2n) is 2.46. The van der Waals surface area contributed by atoms with Gasteiger partial charge < -0.3 is 0 Å². The van der Waals surface area contributed by atoms with Gasteiger partial charge in [0, 0.05) is 0 Å². The van der Waals surface area contributed by atoms with Crippen molar-refractivity contribution in [3.8, 4) is 0 Å². The Morgan fingerprint density at radius 2 is 2.00 bits per heavy atom. The van der Waals surface area contributed by atoms with E-state index in [0.717, 1.165) is 0 Å². The van der Waals surface area contributed by atoms with E-state index in [2.05, 4.69) is 17.5 Å². The van der Waals surface area contributed by atoms with E-state index in [1.54, 1.807) is 6.92 Å². The minimum Gasteiger partial charge on any atom is -0.298 e. The molecule has 1 N–H and O–H groups in total. The average molecular weight is 147 g/mol. The highest BCUT2D eigenvalue weighted by Crippen LogP contribution is 2.02. The quantitative estimate of drug-likeness (QED) is 0.584. The van der Waals surface area contributed by atoms with E-state index in [9.17, 15) is 4.79 Å². The molecule has 0 saturated carbocycles. The van der Waals surface area contributed by atoms with Crippen LogP contribution in [0.25, 0.3) is 0 Å². The number of carbonyl (C=O) groups excluding carboxylic acids is 1. The van der Waals surface area contributed by atoms with Crippen molar-refractivity contribution in [1.29, 1.82) is 0 Å². The summed E-state index contributed by atoms with van der Waals surface area (Å²) >= 11 is 3.82. The van der Waals surface area contributed by atoms with Gasteiger partial charge in [0.05, 0.1) is 6.04 Å². The molecule has 1 unspecified atom stereocenters. The lowest BCUT2D eigenvalue weighted by molar-refractivity contribution is -0.119. The first-order valence-electron chi connectivity index (χ1n) is 2.99. The summed E-state index contributed by atoms with van der Waals surface area (Å²) in [7, 11) is 0. The van der Waals surface area contributed by atoms with Crippen LogP contribution in [0.3, 0.4) is 0 Å². The third-order valence-electron chi connectivity index (χ3n) is 1.24. The molecule has 0 fully saturated rings. The van der Waals surface area contributed by atoms with Crippen molar-refractivity contribution < 1.29 is 4.79 Å². The van der Waals surface area contributed by atoms with Gasteiger partial charge in [-0.1, -0.05) is 26.7 Å². The largest absolute Gasteiger partial charge is 0.298 e. The Labute approximate surface area is 61.6 Å². The summed E-state index contributed by atoms with van der Waals surface area (Å²) in [6.45, 7) is 5.53. The van der Waals surface area contributed by atoms with Crippen molar-refractivity contribution >= 4 is 18.6 Å². The summed E-state index contributed by atoms with van der Waals surface area (Å²) in [5.74, 6) is 0.458. The molecule has 0 aliphatic heterocycles. The van der Waals surface area contributed by atoms with Crippen molar-refractivity contribution in [2.45, 2.75) is 26.8 Å². The van der Waals surface area contributed by atoms with E-state index >= 15 is 0 Å². The van der Waals surface area contributed by atoms with Crippen molar-refractivity contribution in [2.24, 2.45) is 5.92 Å². The fourth-order valence-electron chi connectivity index (χ4n) is 0.709. The standard InChI is InChI=1S/C6H13NOS/c1-4(2)6(7-9)5(3)8/h4,6-7,9H,1-3H3. The molecular weight excluding hydrogens is 134 g/mol. The Hall–Kier alpha value is -0.0200. The van der Waals surface area contributed by atoms with Gasteiger partial charge in [0.15, 0.2) is 0 Å². The highest BCUT2D eigenvalue weighted by atomic mass is 32.1. The maximum Gasteiger partial charge on any atom is 0.147 e. The molecule has 0 aliphatic rings. The molecule has 3 heteroatoms. The van der Waals surface area contributed by atoms with Gasteiger partial charge in [0.1, 0.15) is 5.78 Å². The zero-order chi connectivity index (χ0) is 7.44. The molecule has 0 amide bonds. The molecule has 0 rings (SSSR count). The summed E-state index contributed by atoms with van der Waals surface area (Å²) in [5.41, 5.74) is 0. The number of Topliss-reactive ketones (excluding diaryl/α,β-unsaturated/α-hetero) is 1. The summed E-state index contributed by atoms with van der Waals surface area (Å²) in [6.07, 6.45) is 0. The van der Waals surface area contributed by atoms with E-state index in [4.69, 9.17) is 0 Å². The highest BCUT2D eigenvalue weighted by molar-refractivity contribution is 7.78. The maximum atomic E-state index is 10.7. The Balaban J connectivity index is 3.83. The smallest absolute Gasteiger partial charge is 0.147 e. The van der Waals surface area contributed by atoms with Crippen LogP contribution < -0.4 is 4.72 Å². The first-order chi connectivity index (χ1) is 4.09. The third kappa shape index (κ3) is 2.87.